The Hall–Kier alpha value is -2.82. The van der Waals surface area contributed by atoms with Gasteiger partial charge in [0.2, 0.25) is 0 Å². The largest absolute Gasteiger partial charge is 0.372 e. The molecule has 1 aliphatic rings. The SMILES string of the molecule is Cc1nc2ccc(C(=O)Nc3ccc(N4CCCC4)cc3)cc2[nH]1. The quantitative estimate of drug-likeness (QED) is 0.773. The van der Waals surface area contributed by atoms with E-state index in [1.54, 1.807) is 6.07 Å². The van der Waals surface area contributed by atoms with E-state index in [1.165, 1.54) is 18.5 Å². The number of carbonyl (C=O) groups excluding carboxylic acids is 1. The first-order valence-electron chi connectivity index (χ1n) is 8.32. The van der Waals surface area contributed by atoms with Crippen LogP contribution < -0.4 is 10.2 Å². The highest BCUT2D eigenvalue weighted by molar-refractivity contribution is 6.06. The number of carbonyl (C=O) groups is 1. The number of fused-ring (bicyclic) bond motifs is 1. The van der Waals surface area contributed by atoms with Crippen molar-refractivity contribution in [3.8, 4) is 0 Å². The number of aromatic amines is 1. The summed E-state index contributed by atoms with van der Waals surface area (Å²) in [4.78, 5) is 22.3. The molecule has 2 aromatic carbocycles. The number of hydrogen-bond donors (Lipinski definition) is 2. The van der Waals surface area contributed by atoms with Gasteiger partial charge in [0.05, 0.1) is 11.0 Å². The summed E-state index contributed by atoms with van der Waals surface area (Å²) < 4.78 is 0. The normalized spacial score (nSPS) is 14.3. The van der Waals surface area contributed by atoms with Crippen LogP contribution in [0.2, 0.25) is 0 Å². The van der Waals surface area contributed by atoms with Gasteiger partial charge in [-0.05, 0) is 62.2 Å². The van der Waals surface area contributed by atoms with Crippen LogP contribution in [0.5, 0.6) is 0 Å². The monoisotopic (exact) mass is 320 g/mol. The predicted octanol–water partition coefficient (Wildman–Crippen LogP) is 3.72. The first-order chi connectivity index (χ1) is 11.7. The van der Waals surface area contributed by atoms with Gasteiger partial charge in [-0.25, -0.2) is 4.98 Å². The highest BCUT2D eigenvalue weighted by Gasteiger charge is 2.13. The van der Waals surface area contributed by atoms with Crippen molar-refractivity contribution in [1.82, 2.24) is 9.97 Å². The molecule has 24 heavy (non-hydrogen) atoms. The molecule has 122 valence electrons. The average Bonchev–Trinajstić information content (AvgIpc) is 3.23. The Morgan fingerprint density at radius 2 is 1.88 bits per heavy atom. The fourth-order valence-electron chi connectivity index (χ4n) is 3.21. The lowest BCUT2D eigenvalue weighted by molar-refractivity contribution is 0.102. The number of H-pyrrole nitrogens is 1. The molecular formula is C19H20N4O. The highest BCUT2D eigenvalue weighted by atomic mass is 16.1. The molecule has 0 aliphatic carbocycles. The minimum absolute atomic E-state index is 0.113. The summed E-state index contributed by atoms with van der Waals surface area (Å²) in [5, 5.41) is 2.96. The van der Waals surface area contributed by atoms with Crippen molar-refractivity contribution in [3.05, 3.63) is 53.9 Å². The number of hydrogen-bond acceptors (Lipinski definition) is 3. The third kappa shape index (κ3) is 2.85. The van der Waals surface area contributed by atoms with Gasteiger partial charge in [0.15, 0.2) is 0 Å². The van der Waals surface area contributed by atoms with Gasteiger partial charge in [0.25, 0.3) is 5.91 Å². The molecule has 1 aliphatic heterocycles. The molecule has 1 fully saturated rings. The molecule has 1 saturated heterocycles. The number of imidazole rings is 1. The topological polar surface area (TPSA) is 61.0 Å². The van der Waals surface area contributed by atoms with Crippen molar-refractivity contribution < 1.29 is 4.79 Å². The second-order valence-electron chi connectivity index (χ2n) is 6.25. The van der Waals surface area contributed by atoms with Crippen LogP contribution >= 0.6 is 0 Å². The maximum absolute atomic E-state index is 12.4. The van der Waals surface area contributed by atoms with Crippen LogP contribution in [0.25, 0.3) is 11.0 Å². The summed E-state index contributed by atoms with van der Waals surface area (Å²) in [5.41, 5.74) is 4.40. The van der Waals surface area contributed by atoms with Crippen LogP contribution in [0.3, 0.4) is 0 Å². The van der Waals surface area contributed by atoms with E-state index in [4.69, 9.17) is 0 Å². The summed E-state index contributed by atoms with van der Waals surface area (Å²) in [6.45, 7) is 4.15. The van der Waals surface area contributed by atoms with Gasteiger partial charge >= 0.3 is 0 Å². The van der Waals surface area contributed by atoms with Gasteiger partial charge in [-0.3, -0.25) is 4.79 Å². The average molecular weight is 320 g/mol. The van der Waals surface area contributed by atoms with Gasteiger partial charge in [-0.15, -0.1) is 0 Å². The van der Waals surface area contributed by atoms with Crippen molar-refractivity contribution >= 4 is 28.3 Å². The molecule has 3 aromatic rings. The molecule has 1 amide bonds. The summed E-state index contributed by atoms with van der Waals surface area (Å²) in [6.07, 6.45) is 2.52. The van der Waals surface area contributed by atoms with Crippen molar-refractivity contribution in [2.75, 3.05) is 23.3 Å². The van der Waals surface area contributed by atoms with Crippen molar-refractivity contribution in [2.24, 2.45) is 0 Å². The van der Waals surface area contributed by atoms with E-state index < -0.39 is 0 Å². The van der Waals surface area contributed by atoms with E-state index in [0.717, 1.165) is 35.6 Å². The molecular weight excluding hydrogens is 300 g/mol. The van der Waals surface area contributed by atoms with Gasteiger partial charge in [0.1, 0.15) is 5.82 Å². The number of anilines is 2. The van der Waals surface area contributed by atoms with Crippen molar-refractivity contribution in [3.63, 3.8) is 0 Å². The zero-order valence-corrected chi connectivity index (χ0v) is 13.7. The Balaban J connectivity index is 1.49. The Bertz CT molecular complexity index is 876. The molecule has 0 saturated carbocycles. The number of aromatic nitrogens is 2. The summed E-state index contributed by atoms with van der Waals surface area (Å²) >= 11 is 0. The summed E-state index contributed by atoms with van der Waals surface area (Å²) in [5.74, 6) is 0.734. The molecule has 0 radical (unpaired) electrons. The minimum Gasteiger partial charge on any atom is -0.372 e. The first kappa shape index (κ1) is 14.8. The Labute approximate surface area is 140 Å². The van der Waals surface area contributed by atoms with Crippen LogP contribution in [0.1, 0.15) is 29.0 Å². The molecule has 0 bridgehead atoms. The van der Waals surface area contributed by atoms with Crippen LogP contribution in [-0.2, 0) is 0 Å². The highest BCUT2D eigenvalue weighted by Crippen LogP contribution is 2.22. The zero-order valence-electron chi connectivity index (χ0n) is 13.7. The first-order valence-corrected chi connectivity index (χ1v) is 8.32. The van der Waals surface area contributed by atoms with Crippen molar-refractivity contribution in [1.29, 1.82) is 0 Å². The second kappa shape index (κ2) is 6.00. The van der Waals surface area contributed by atoms with E-state index >= 15 is 0 Å². The molecule has 0 unspecified atom stereocenters. The standard InChI is InChI=1S/C19H20N4O/c1-13-20-17-9-4-14(12-18(17)21-13)19(24)22-15-5-7-16(8-6-15)23-10-2-3-11-23/h4-9,12H,2-3,10-11H2,1H3,(H,20,21)(H,22,24). The molecule has 4 rings (SSSR count). The van der Waals surface area contributed by atoms with Crippen LogP contribution in [-0.4, -0.2) is 29.0 Å². The molecule has 0 spiro atoms. The number of amides is 1. The third-order valence-electron chi connectivity index (χ3n) is 4.46. The maximum Gasteiger partial charge on any atom is 0.255 e. The smallest absolute Gasteiger partial charge is 0.255 e. The van der Waals surface area contributed by atoms with E-state index in [1.807, 2.05) is 31.2 Å². The van der Waals surface area contributed by atoms with Gasteiger partial charge in [0, 0.05) is 30.0 Å². The predicted molar refractivity (Wildman–Crippen MR) is 96.7 cm³/mol. The maximum atomic E-state index is 12.4. The van der Waals surface area contributed by atoms with Crippen LogP contribution in [0, 0.1) is 6.92 Å². The minimum atomic E-state index is -0.113. The second-order valence-corrected chi connectivity index (χ2v) is 6.25. The number of nitrogens with zero attached hydrogens (tertiary/aromatic N) is 2. The van der Waals surface area contributed by atoms with Gasteiger partial charge in [-0.2, -0.15) is 0 Å². The van der Waals surface area contributed by atoms with E-state index in [0.29, 0.717) is 5.56 Å². The summed E-state index contributed by atoms with van der Waals surface area (Å²) in [7, 11) is 0. The fraction of sp³-hybridized carbons (Fsp3) is 0.263. The lowest BCUT2D eigenvalue weighted by atomic mass is 10.2. The molecule has 5 nitrogen and oxygen atoms in total. The van der Waals surface area contributed by atoms with Crippen molar-refractivity contribution in [2.45, 2.75) is 19.8 Å². The van der Waals surface area contributed by atoms with Gasteiger partial charge < -0.3 is 15.2 Å². The number of benzene rings is 2. The third-order valence-corrected chi connectivity index (χ3v) is 4.46. The molecule has 2 N–H and O–H groups in total. The van der Waals surface area contributed by atoms with Crippen LogP contribution in [0.15, 0.2) is 42.5 Å². The lowest BCUT2D eigenvalue weighted by Crippen LogP contribution is -2.17. The van der Waals surface area contributed by atoms with E-state index in [2.05, 4.69) is 32.3 Å². The molecule has 5 heteroatoms. The summed E-state index contributed by atoms with van der Waals surface area (Å²) in [6, 6.07) is 13.6. The number of aryl methyl sites for hydroxylation is 1. The fourth-order valence-corrected chi connectivity index (χ4v) is 3.21. The Kier molecular flexibility index (Phi) is 3.69. The Morgan fingerprint density at radius 3 is 2.62 bits per heavy atom. The zero-order chi connectivity index (χ0) is 16.5. The van der Waals surface area contributed by atoms with E-state index in [-0.39, 0.29) is 5.91 Å². The van der Waals surface area contributed by atoms with Gasteiger partial charge in [-0.1, -0.05) is 0 Å². The number of nitrogens with one attached hydrogen (secondary N) is 2. The Morgan fingerprint density at radius 1 is 1.12 bits per heavy atom. The van der Waals surface area contributed by atoms with Crippen LogP contribution in [0.4, 0.5) is 11.4 Å². The van der Waals surface area contributed by atoms with E-state index in [9.17, 15) is 4.79 Å². The lowest BCUT2D eigenvalue weighted by Gasteiger charge is -2.17. The number of rotatable bonds is 3. The molecule has 0 atom stereocenters. The molecule has 2 heterocycles. The molecule has 1 aromatic heterocycles.